The molecule has 0 aliphatic rings. The topological polar surface area (TPSA) is 120 Å². The van der Waals surface area contributed by atoms with Crippen LogP contribution in [0.2, 0.25) is 0 Å². The van der Waals surface area contributed by atoms with E-state index in [9.17, 15) is 10.1 Å². The Balaban J connectivity index is 2.38. The van der Waals surface area contributed by atoms with Crippen molar-refractivity contribution in [1.29, 1.82) is 0 Å². The SMILES string of the molecule is NNc1cc(-c2ccc([N+](=O)[O-])o2)ncn1. The highest BCUT2D eigenvalue weighted by Gasteiger charge is 2.14. The summed E-state index contributed by atoms with van der Waals surface area (Å²) < 4.78 is 4.97. The van der Waals surface area contributed by atoms with Gasteiger partial charge in [0.05, 0.1) is 6.07 Å². The van der Waals surface area contributed by atoms with Crippen LogP contribution < -0.4 is 11.3 Å². The Morgan fingerprint density at radius 3 is 2.88 bits per heavy atom. The summed E-state index contributed by atoms with van der Waals surface area (Å²) >= 11 is 0. The third kappa shape index (κ3) is 1.81. The average molecular weight is 221 g/mol. The van der Waals surface area contributed by atoms with Crippen molar-refractivity contribution in [3.05, 3.63) is 34.6 Å². The number of nitrogens with one attached hydrogen (secondary N) is 1. The molecule has 2 aromatic rings. The van der Waals surface area contributed by atoms with Gasteiger partial charge in [0.2, 0.25) is 0 Å². The number of nitro groups is 1. The maximum Gasteiger partial charge on any atom is 0.433 e. The van der Waals surface area contributed by atoms with Crippen LogP contribution in [0.4, 0.5) is 11.7 Å². The van der Waals surface area contributed by atoms with Crippen molar-refractivity contribution >= 4 is 11.7 Å². The Labute approximate surface area is 89.2 Å². The maximum absolute atomic E-state index is 10.4. The van der Waals surface area contributed by atoms with Crippen molar-refractivity contribution in [3.63, 3.8) is 0 Å². The number of hydrogen-bond donors (Lipinski definition) is 2. The summed E-state index contributed by atoms with van der Waals surface area (Å²) in [7, 11) is 0. The minimum atomic E-state index is -0.618. The van der Waals surface area contributed by atoms with Gasteiger partial charge in [-0.2, -0.15) is 0 Å². The van der Waals surface area contributed by atoms with Crippen LogP contribution >= 0.6 is 0 Å². The molecule has 0 saturated heterocycles. The van der Waals surface area contributed by atoms with E-state index in [2.05, 4.69) is 15.4 Å². The number of nitrogens with two attached hydrogens (primary N) is 1. The molecule has 0 amide bonds. The number of hydrogen-bond acceptors (Lipinski definition) is 7. The second-order valence-corrected chi connectivity index (χ2v) is 2.83. The largest absolute Gasteiger partial charge is 0.433 e. The van der Waals surface area contributed by atoms with Crippen molar-refractivity contribution in [3.8, 4) is 11.5 Å². The number of anilines is 1. The smallest absolute Gasteiger partial charge is 0.399 e. The third-order valence-corrected chi connectivity index (χ3v) is 1.84. The highest BCUT2D eigenvalue weighted by Crippen LogP contribution is 2.24. The summed E-state index contributed by atoms with van der Waals surface area (Å²) in [6, 6.07) is 4.23. The number of rotatable bonds is 3. The summed E-state index contributed by atoms with van der Waals surface area (Å²) in [4.78, 5) is 17.5. The summed E-state index contributed by atoms with van der Waals surface area (Å²) in [5.74, 6) is 5.51. The van der Waals surface area contributed by atoms with Gasteiger partial charge in [-0.25, -0.2) is 15.8 Å². The summed E-state index contributed by atoms with van der Waals surface area (Å²) in [5.41, 5.74) is 2.75. The van der Waals surface area contributed by atoms with E-state index < -0.39 is 4.92 Å². The van der Waals surface area contributed by atoms with Crippen LogP contribution in [0.25, 0.3) is 11.5 Å². The molecular formula is C8H7N5O3. The summed E-state index contributed by atoms with van der Waals surface area (Å²) in [5, 5.41) is 10.4. The fourth-order valence-electron chi connectivity index (χ4n) is 1.13. The maximum atomic E-state index is 10.4. The number of nitrogen functional groups attached to an aromatic ring is 1. The minimum absolute atomic E-state index is 0.283. The zero-order valence-corrected chi connectivity index (χ0v) is 7.95. The molecule has 0 unspecified atom stereocenters. The van der Waals surface area contributed by atoms with Gasteiger partial charge in [0.15, 0.2) is 5.76 Å². The number of furan rings is 1. The molecule has 0 fully saturated rings. The number of nitrogens with zero attached hydrogens (tertiary/aromatic N) is 3. The Kier molecular flexibility index (Phi) is 2.48. The molecule has 0 spiro atoms. The Hall–Kier alpha value is -2.48. The predicted molar refractivity (Wildman–Crippen MR) is 54.2 cm³/mol. The first-order chi connectivity index (χ1) is 7.70. The molecule has 0 aliphatic carbocycles. The van der Waals surface area contributed by atoms with Crippen LogP contribution in [0.3, 0.4) is 0 Å². The lowest BCUT2D eigenvalue weighted by molar-refractivity contribution is -0.401. The molecule has 0 aliphatic heterocycles. The Morgan fingerprint density at radius 2 is 2.25 bits per heavy atom. The second kappa shape index (κ2) is 3.95. The fourth-order valence-corrected chi connectivity index (χ4v) is 1.13. The van der Waals surface area contributed by atoms with E-state index >= 15 is 0 Å². The highest BCUT2D eigenvalue weighted by atomic mass is 16.6. The van der Waals surface area contributed by atoms with Crippen LogP contribution in [0.1, 0.15) is 0 Å². The molecular weight excluding hydrogens is 214 g/mol. The lowest BCUT2D eigenvalue weighted by Gasteiger charge is -1.99. The molecule has 2 aromatic heterocycles. The first-order valence-electron chi connectivity index (χ1n) is 4.24. The van der Waals surface area contributed by atoms with Crippen LogP contribution in [0, 0.1) is 10.1 Å². The van der Waals surface area contributed by atoms with Gasteiger partial charge in [0, 0.05) is 6.07 Å². The van der Waals surface area contributed by atoms with Gasteiger partial charge in [-0.3, -0.25) is 10.1 Å². The van der Waals surface area contributed by atoms with Crippen molar-refractivity contribution in [2.75, 3.05) is 5.43 Å². The molecule has 0 saturated carbocycles. The molecule has 0 bridgehead atoms. The van der Waals surface area contributed by atoms with Gasteiger partial charge in [-0.15, -0.1) is 0 Å². The van der Waals surface area contributed by atoms with E-state index in [1.807, 2.05) is 0 Å². The van der Waals surface area contributed by atoms with Crippen molar-refractivity contribution in [1.82, 2.24) is 9.97 Å². The third-order valence-electron chi connectivity index (χ3n) is 1.84. The zero-order valence-electron chi connectivity index (χ0n) is 7.95. The van der Waals surface area contributed by atoms with Gasteiger partial charge < -0.3 is 9.84 Å². The van der Waals surface area contributed by atoms with E-state index in [4.69, 9.17) is 10.3 Å². The second-order valence-electron chi connectivity index (χ2n) is 2.83. The minimum Gasteiger partial charge on any atom is -0.399 e. The van der Waals surface area contributed by atoms with Crippen LogP contribution in [-0.4, -0.2) is 14.9 Å². The molecule has 82 valence electrons. The molecule has 0 aromatic carbocycles. The van der Waals surface area contributed by atoms with Crippen LogP contribution in [-0.2, 0) is 0 Å². The van der Waals surface area contributed by atoms with Gasteiger partial charge in [-0.05, 0) is 6.07 Å². The van der Waals surface area contributed by atoms with Gasteiger partial charge in [-0.1, -0.05) is 0 Å². The molecule has 8 heteroatoms. The first-order valence-corrected chi connectivity index (χ1v) is 4.24. The lowest BCUT2D eigenvalue weighted by Crippen LogP contribution is -2.08. The number of aromatic nitrogens is 2. The zero-order chi connectivity index (χ0) is 11.5. The number of hydrazine groups is 1. The highest BCUT2D eigenvalue weighted by molar-refractivity contribution is 5.57. The van der Waals surface area contributed by atoms with E-state index in [-0.39, 0.29) is 11.6 Å². The van der Waals surface area contributed by atoms with Gasteiger partial charge >= 0.3 is 5.88 Å². The van der Waals surface area contributed by atoms with Gasteiger partial charge in [0.1, 0.15) is 22.8 Å². The molecule has 2 heterocycles. The van der Waals surface area contributed by atoms with E-state index in [1.54, 1.807) is 0 Å². The molecule has 0 radical (unpaired) electrons. The molecule has 2 rings (SSSR count). The van der Waals surface area contributed by atoms with E-state index in [1.165, 1.54) is 24.5 Å². The van der Waals surface area contributed by atoms with Crippen LogP contribution in [0.15, 0.2) is 28.9 Å². The summed E-state index contributed by atoms with van der Waals surface area (Å²) in [6.45, 7) is 0. The van der Waals surface area contributed by atoms with E-state index in [0.29, 0.717) is 11.5 Å². The summed E-state index contributed by atoms with van der Waals surface area (Å²) in [6.07, 6.45) is 1.28. The van der Waals surface area contributed by atoms with Crippen molar-refractivity contribution in [2.45, 2.75) is 0 Å². The fraction of sp³-hybridized carbons (Fsp3) is 0. The quantitative estimate of drug-likeness (QED) is 0.449. The predicted octanol–water partition coefficient (Wildman–Crippen LogP) is 0.930. The Bertz CT molecular complexity index is 524. The molecule has 8 nitrogen and oxygen atoms in total. The van der Waals surface area contributed by atoms with Crippen molar-refractivity contribution < 1.29 is 9.34 Å². The van der Waals surface area contributed by atoms with E-state index in [0.717, 1.165) is 0 Å². The first kappa shape index (κ1) is 10.1. The normalized spacial score (nSPS) is 10.1. The lowest BCUT2D eigenvalue weighted by atomic mass is 10.3. The van der Waals surface area contributed by atoms with Gasteiger partial charge in [0.25, 0.3) is 0 Å². The van der Waals surface area contributed by atoms with Crippen LogP contribution in [0.5, 0.6) is 0 Å². The standard InChI is InChI=1S/C8H7N5O3/c9-12-7-3-5(10-4-11-7)6-1-2-8(16-6)13(14)15/h1-4H,9H2,(H,10,11,12). The van der Waals surface area contributed by atoms with Crippen molar-refractivity contribution in [2.24, 2.45) is 5.84 Å². The molecule has 16 heavy (non-hydrogen) atoms. The monoisotopic (exact) mass is 221 g/mol. The molecule has 3 N–H and O–H groups in total. The molecule has 0 atom stereocenters. The average Bonchev–Trinajstić information content (AvgIpc) is 2.78. The Morgan fingerprint density at radius 1 is 1.44 bits per heavy atom.